The van der Waals surface area contributed by atoms with Gasteiger partial charge in [-0.15, -0.1) is 0 Å². The molecule has 5 heteroatoms. The van der Waals surface area contributed by atoms with E-state index in [-0.39, 0.29) is 18.6 Å². The fourth-order valence-electron chi connectivity index (χ4n) is 2.54. The van der Waals surface area contributed by atoms with Crippen LogP contribution < -0.4 is 10.1 Å². The third kappa shape index (κ3) is 6.24. The molecule has 0 aromatic heterocycles. The number of esters is 1. The Hall–Kier alpha value is -2.82. The van der Waals surface area contributed by atoms with E-state index >= 15 is 0 Å². The molecule has 1 atom stereocenters. The van der Waals surface area contributed by atoms with E-state index in [1.54, 1.807) is 24.3 Å². The van der Waals surface area contributed by atoms with Crippen LogP contribution in [0.25, 0.3) is 0 Å². The van der Waals surface area contributed by atoms with Crippen molar-refractivity contribution in [2.75, 3.05) is 13.2 Å². The van der Waals surface area contributed by atoms with Crippen molar-refractivity contribution in [1.29, 1.82) is 0 Å². The first-order valence-electron chi connectivity index (χ1n) is 8.82. The Balaban J connectivity index is 1.76. The van der Waals surface area contributed by atoms with Crippen molar-refractivity contribution in [3.63, 3.8) is 0 Å². The molecule has 1 N–H and O–H groups in total. The number of rotatable bonds is 9. The Morgan fingerprint density at radius 1 is 1.04 bits per heavy atom. The molecule has 1 amide bonds. The van der Waals surface area contributed by atoms with Gasteiger partial charge in [-0.2, -0.15) is 0 Å². The number of benzene rings is 2. The highest BCUT2D eigenvalue weighted by molar-refractivity contribution is 5.94. The summed E-state index contributed by atoms with van der Waals surface area (Å²) in [4.78, 5) is 24.2. The van der Waals surface area contributed by atoms with Crippen LogP contribution in [0, 0.1) is 0 Å². The van der Waals surface area contributed by atoms with Crippen LogP contribution in [0.1, 0.15) is 36.2 Å². The molecular formula is C21H25NO4. The number of aryl methyl sites for hydroxylation is 1. The first kappa shape index (κ1) is 19.5. The Bertz CT molecular complexity index is 715. The Labute approximate surface area is 154 Å². The SMILES string of the molecule is CCOc1ccccc1C(=O)OCC(=O)NC(C)CCc1ccccc1. The van der Waals surface area contributed by atoms with Gasteiger partial charge in [-0.3, -0.25) is 4.79 Å². The average molecular weight is 355 g/mol. The molecule has 0 fully saturated rings. The largest absolute Gasteiger partial charge is 0.493 e. The Morgan fingerprint density at radius 2 is 1.73 bits per heavy atom. The molecule has 26 heavy (non-hydrogen) atoms. The maximum atomic E-state index is 12.2. The number of carbonyl (C=O) groups is 2. The molecular weight excluding hydrogens is 330 g/mol. The lowest BCUT2D eigenvalue weighted by Gasteiger charge is -2.14. The number of ether oxygens (including phenoxy) is 2. The second-order valence-electron chi connectivity index (χ2n) is 6.00. The van der Waals surface area contributed by atoms with Gasteiger partial charge in [-0.05, 0) is 44.4 Å². The first-order chi connectivity index (χ1) is 12.6. The zero-order valence-corrected chi connectivity index (χ0v) is 15.2. The minimum Gasteiger partial charge on any atom is -0.493 e. The summed E-state index contributed by atoms with van der Waals surface area (Å²) in [6.45, 7) is 3.91. The quantitative estimate of drug-likeness (QED) is 0.701. The summed E-state index contributed by atoms with van der Waals surface area (Å²) in [5.74, 6) is -0.425. The van der Waals surface area contributed by atoms with E-state index in [1.807, 2.05) is 32.0 Å². The molecule has 5 nitrogen and oxygen atoms in total. The minimum atomic E-state index is -0.568. The third-order valence-electron chi connectivity index (χ3n) is 3.86. The topological polar surface area (TPSA) is 64.6 Å². The number of hydrogen-bond donors (Lipinski definition) is 1. The zero-order valence-electron chi connectivity index (χ0n) is 15.2. The van der Waals surface area contributed by atoms with Crippen LogP contribution in [0.3, 0.4) is 0 Å². The highest BCUT2D eigenvalue weighted by Crippen LogP contribution is 2.18. The molecule has 2 aromatic rings. The lowest BCUT2D eigenvalue weighted by molar-refractivity contribution is -0.124. The summed E-state index contributed by atoms with van der Waals surface area (Å²) in [7, 11) is 0. The fourth-order valence-corrected chi connectivity index (χ4v) is 2.54. The van der Waals surface area contributed by atoms with Gasteiger partial charge in [0, 0.05) is 6.04 Å². The number of para-hydroxylation sites is 1. The van der Waals surface area contributed by atoms with Crippen LogP contribution in [0.2, 0.25) is 0 Å². The maximum absolute atomic E-state index is 12.2. The van der Waals surface area contributed by atoms with Gasteiger partial charge in [0.05, 0.1) is 6.61 Å². The molecule has 138 valence electrons. The van der Waals surface area contributed by atoms with E-state index in [9.17, 15) is 9.59 Å². The standard InChI is InChI=1S/C21H25NO4/c1-3-25-19-12-8-7-11-18(19)21(24)26-15-20(23)22-16(2)13-14-17-9-5-4-6-10-17/h4-12,16H,3,13-15H2,1-2H3,(H,22,23). The predicted octanol–water partition coefficient (Wildman–Crippen LogP) is 3.38. The van der Waals surface area contributed by atoms with Crippen LogP contribution in [0.4, 0.5) is 0 Å². The molecule has 2 aromatic carbocycles. The van der Waals surface area contributed by atoms with E-state index in [0.717, 1.165) is 12.8 Å². The molecule has 0 radical (unpaired) electrons. The van der Waals surface area contributed by atoms with E-state index < -0.39 is 5.97 Å². The zero-order chi connectivity index (χ0) is 18.8. The summed E-state index contributed by atoms with van der Waals surface area (Å²) in [6, 6.07) is 16.9. The van der Waals surface area contributed by atoms with Crippen LogP contribution >= 0.6 is 0 Å². The summed E-state index contributed by atoms with van der Waals surface area (Å²) < 4.78 is 10.5. The van der Waals surface area contributed by atoms with Gasteiger partial charge in [0.15, 0.2) is 6.61 Å². The van der Waals surface area contributed by atoms with Crippen molar-refractivity contribution in [3.8, 4) is 5.75 Å². The van der Waals surface area contributed by atoms with Crippen molar-refractivity contribution in [2.45, 2.75) is 32.7 Å². The van der Waals surface area contributed by atoms with Crippen molar-refractivity contribution < 1.29 is 19.1 Å². The van der Waals surface area contributed by atoms with Crippen LogP contribution in [-0.2, 0) is 16.0 Å². The van der Waals surface area contributed by atoms with Crippen molar-refractivity contribution in [3.05, 3.63) is 65.7 Å². The predicted molar refractivity (Wildman–Crippen MR) is 100 cm³/mol. The van der Waals surface area contributed by atoms with Crippen LogP contribution in [0.5, 0.6) is 5.75 Å². The molecule has 2 rings (SSSR count). The Kier molecular flexibility index (Phi) is 7.68. The second-order valence-corrected chi connectivity index (χ2v) is 6.00. The minimum absolute atomic E-state index is 0.00267. The molecule has 0 saturated carbocycles. The number of nitrogens with one attached hydrogen (secondary N) is 1. The number of amides is 1. The van der Waals surface area contributed by atoms with Crippen molar-refractivity contribution >= 4 is 11.9 Å². The monoisotopic (exact) mass is 355 g/mol. The van der Waals surface area contributed by atoms with Gasteiger partial charge < -0.3 is 14.8 Å². The van der Waals surface area contributed by atoms with Crippen LogP contribution in [0.15, 0.2) is 54.6 Å². The first-order valence-corrected chi connectivity index (χ1v) is 8.82. The summed E-state index contributed by atoms with van der Waals surface area (Å²) in [5, 5.41) is 2.85. The molecule has 0 aliphatic heterocycles. The molecule has 0 spiro atoms. The van der Waals surface area contributed by atoms with E-state index in [4.69, 9.17) is 9.47 Å². The smallest absolute Gasteiger partial charge is 0.342 e. The lowest BCUT2D eigenvalue weighted by atomic mass is 10.1. The van der Waals surface area contributed by atoms with Gasteiger partial charge in [-0.1, -0.05) is 42.5 Å². The van der Waals surface area contributed by atoms with Crippen molar-refractivity contribution in [1.82, 2.24) is 5.32 Å². The normalized spacial score (nSPS) is 11.5. The lowest BCUT2D eigenvalue weighted by Crippen LogP contribution is -2.36. The number of hydrogen-bond acceptors (Lipinski definition) is 4. The highest BCUT2D eigenvalue weighted by atomic mass is 16.5. The fraction of sp³-hybridized carbons (Fsp3) is 0.333. The Morgan fingerprint density at radius 3 is 2.46 bits per heavy atom. The van der Waals surface area contributed by atoms with E-state index in [2.05, 4.69) is 17.4 Å². The summed E-state index contributed by atoms with van der Waals surface area (Å²) >= 11 is 0. The van der Waals surface area contributed by atoms with Gasteiger partial charge in [0.25, 0.3) is 5.91 Å². The maximum Gasteiger partial charge on any atom is 0.342 e. The molecule has 0 saturated heterocycles. The molecule has 0 aliphatic carbocycles. The van der Waals surface area contributed by atoms with E-state index in [1.165, 1.54) is 5.56 Å². The number of carbonyl (C=O) groups excluding carboxylic acids is 2. The second kappa shape index (κ2) is 10.2. The molecule has 1 unspecified atom stereocenters. The third-order valence-corrected chi connectivity index (χ3v) is 3.86. The highest BCUT2D eigenvalue weighted by Gasteiger charge is 2.15. The van der Waals surface area contributed by atoms with E-state index in [0.29, 0.717) is 17.9 Å². The summed E-state index contributed by atoms with van der Waals surface area (Å²) in [6.07, 6.45) is 1.70. The van der Waals surface area contributed by atoms with Crippen molar-refractivity contribution in [2.24, 2.45) is 0 Å². The molecule has 0 bridgehead atoms. The summed E-state index contributed by atoms with van der Waals surface area (Å²) in [5.41, 5.74) is 1.55. The van der Waals surface area contributed by atoms with Gasteiger partial charge in [0.1, 0.15) is 11.3 Å². The van der Waals surface area contributed by atoms with Gasteiger partial charge in [0.2, 0.25) is 0 Å². The van der Waals surface area contributed by atoms with Gasteiger partial charge in [-0.25, -0.2) is 4.79 Å². The average Bonchev–Trinajstić information content (AvgIpc) is 2.66. The van der Waals surface area contributed by atoms with Gasteiger partial charge >= 0.3 is 5.97 Å². The van der Waals surface area contributed by atoms with Crippen LogP contribution in [-0.4, -0.2) is 31.1 Å². The molecule has 0 heterocycles. The molecule has 0 aliphatic rings.